The number of rotatable bonds is 14. The molecule has 58 heavy (non-hydrogen) atoms. The van der Waals surface area contributed by atoms with E-state index in [1.807, 2.05) is 104 Å². The molecule has 1 fully saturated rings. The molecule has 0 unspecified atom stereocenters. The van der Waals surface area contributed by atoms with Gasteiger partial charge in [-0.25, -0.2) is 19.6 Å². The van der Waals surface area contributed by atoms with Crippen LogP contribution in [0, 0.1) is 0 Å². The Labute approximate surface area is 335 Å². The summed E-state index contributed by atoms with van der Waals surface area (Å²) >= 11 is 0. The molecule has 3 amide bonds. The lowest BCUT2D eigenvalue weighted by Crippen LogP contribution is -2.42. The number of aromatic amines is 2. The zero-order valence-electron chi connectivity index (χ0n) is 32.3. The third-order valence-corrected chi connectivity index (χ3v) is 10.0. The number of hydrogen-bond acceptors (Lipinski definition) is 10. The Balaban J connectivity index is 0.959. The first-order valence-electron chi connectivity index (χ1n) is 18.9. The lowest BCUT2D eigenvalue weighted by atomic mass is 10.1. The topological polar surface area (TPSA) is 188 Å². The van der Waals surface area contributed by atoms with Gasteiger partial charge in [-0.1, -0.05) is 84.9 Å². The second-order valence-corrected chi connectivity index (χ2v) is 13.8. The van der Waals surface area contributed by atoms with Crippen LogP contribution in [0.15, 0.2) is 116 Å². The number of aromatic nitrogens is 5. The minimum absolute atomic E-state index is 0.173. The number of hydroxylamine groups is 1. The molecule has 1 aliphatic heterocycles. The number of H-pyrrole nitrogens is 2. The molecule has 3 aromatic heterocycles. The smallest absolute Gasteiger partial charge is 0.407 e. The molecule has 0 saturated carbocycles. The summed E-state index contributed by atoms with van der Waals surface area (Å²) in [7, 11) is 2.60. The maximum atomic E-state index is 13.9. The normalized spacial score (nSPS) is 15.3. The fourth-order valence-corrected chi connectivity index (χ4v) is 6.91. The van der Waals surface area contributed by atoms with Crippen LogP contribution in [-0.4, -0.2) is 75.3 Å². The van der Waals surface area contributed by atoms with Crippen LogP contribution in [0.2, 0.25) is 0 Å². The lowest BCUT2D eigenvalue weighted by molar-refractivity contribution is -0.134. The molecule has 5 N–H and O–H groups in total. The molecule has 1 aliphatic rings. The molecule has 4 heterocycles. The highest BCUT2D eigenvalue weighted by Gasteiger charge is 2.37. The van der Waals surface area contributed by atoms with E-state index >= 15 is 0 Å². The van der Waals surface area contributed by atoms with Gasteiger partial charge in [0.15, 0.2) is 0 Å². The van der Waals surface area contributed by atoms with Crippen LogP contribution in [-0.2, 0) is 19.1 Å². The van der Waals surface area contributed by atoms with Crippen LogP contribution in [0.1, 0.15) is 66.7 Å². The van der Waals surface area contributed by atoms with Crippen LogP contribution in [0.3, 0.4) is 0 Å². The summed E-state index contributed by atoms with van der Waals surface area (Å²) in [5.41, 5.74) is 9.78. The quantitative estimate of drug-likeness (QED) is 0.0722. The number of nitrogens with zero attached hydrogens (tertiary/aromatic N) is 4. The van der Waals surface area contributed by atoms with Crippen molar-refractivity contribution in [1.29, 1.82) is 0 Å². The van der Waals surface area contributed by atoms with Crippen molar-refractivity contribution in [3.05, 3.63) is 138 Å². The predicted octanol–water partition coefficient (Wildman–Crippen LogP) is 6.97. The van der Waals surface area contributed by atoms with E-state index in [4.69, 9.17) is 19.3 Å². The van der Waals surface area contributed by atoms with E-state index in [0.717, 1.165) is 52.2 Å². The predicted molar refractivity (Wildman–Crippen MR) is 215 cm³/mol. The first-order valence-corrected chi connectivity index (χ1v) is 18.9. The van der Waals surface area contributed by atoms with E-state index < -0.39 is 24.3 Å². The van der Waals surface area contributed by atoms with Crippen molar-refractivity contribution in [2.24, 2.45) is 0 Å². The van der Waals surface area contributed by atoms with Crippen molar-refractivity contribution in [3.63, 3.8) is 0 Å². The molecule has 4 atom stereocenters. The van der Waals surface area contributed by atoms with Gasteiger partial charge >= 0.3 is 12.2 Å². The van der Waals surface area contributed by atoms with Crippen LogP contribution in [0.25, 0.3) is 33.8 Å². The average molecular weight is 784 g/mol. The van der Waals surface area contributed by atoms with Crippen LogP contribution in [0.5, 0.6) is 0 Å². The highest BCUT2D eigenvalue weighted by atomic mass is 16.6. The molecule has 0 radical (unpaired) electrons. The molecule has 0 bridgehead atoms. The van der Waals surface area contributed by atoms with E-state index in [1.165, 1.54) is 14.2 Å². The Morgan fingerprint density at radius 2 is 1.38 bits per heavy atom. The number of carbonyl (C=O) groups is 3. The molecular weight excluding hydrogens is 739 g/mol. The standard InChI is InChI=1S/C43H45N9O6/c1-27(51-58-26-36(49-42(54)56-2)28-11-6-4-7-12-28)39-45-24-34(47-39)30-18-16-29(17-19-30)33-21-20-32(23-44-33)35-25-46-40(48-35)37-15-10-22-52(37)41(53)38(50-43(55)57-3)31-13-8-5-9-14-31/h4-9,11-14,16-21,23-25,27,36-38,51H,10,15,22,26H2,1-3H3,(H,45,47)(H,46,48)(H,49,54)(H,50,55)/t27-,36-,37-,38+/m0/s1. The van der Waals surface area contributed by atoms with Gasteiger partial charge < -0.3 is 35.0 Å². The van der Waals surface area contributed by atoms with Crippen molar-refractivity contribution >= 4 is 18.1 Å². The second kappa shape index (κ2) is 18.4. The van der Waals surface area contributed by atoms with Gasteiger partial charge in [0.05, 0.1) is 68.4 Å². The summed E-state index contributed by atoms with van der Waals surface area (Å²) in [5, 5.41) is 5.50. The number of methoxy groups -OCH3 is 2. The Morgan fingerprint density at radius 1 is 0.741 bits per heavy atom. The number of benzene rings is 3. The summed E-state index contributed by atoms with van der Waals surface area (Å²) in [6.07, 6.45) is 5.67. The molecule has 298 valence electrons. The van der Waals surface area contributed by atoms with Crippen molar-refractivity contribution in [2.75, 3.05) is 27.4 Å². The average Bonchev–Trinajstić information content (AvgIpc) is 4.08. The van der Waals surface area contributed by atoms with Gasteiger partial charge in [0.25, 0.3) is 5.91 Å². The zero-order chi connectivity index (χ0) is 40.4. The van der Waals surface area contributed by atoms with Gasteiger partial charge in [-0.3, -0.25) is 14.6 Å². The van der Waals surface area contributed by atoms with Crippen LogP contribution >= 0.6 is 0 Å². The minimum atomic E-state index is -0.887. The van der Waals surface area contributed by atoms with Crippen molar-refractivity contribution < 1.29 is 28.7 Å². The summed E-state index contributed by atoms with van der Waals surface area (Å²) < 4.78 is 9.59. The largest absolute Gasteiger partial charge is 0.453 e. The first kappa shape index (κ1) is 39.4. The zero-order valence-corrected chi connectivity index (χ0v) is 32.3. The van der Waals surface area contributed by atoms with E-state index in [2.05, 4.69) is 36.0 Å². The number of pyridine rings is 1. The van der Waals surface area contributed by atoms with E-state index in [1.54, 1.807) is 23.5 Å². The monoisotopic (exact) mass is 783 g/mol. The lowest BCUT2D eigenvalue weighted by Gasteiger charge is -2.28. The number of hydrogen-bond donors (Lipinski definition) is 5. The summed E-state index contributed by atoms with van der Waals surface area (Å²) in [6.45, 7) is 2.64. The number of ether oxygens (including phenoxy) is 2. The number of carbonyl (C=O) groups excluding carboxylic acids is 3. The Bertz CT molecular complexity index is 2280. The number of imidazole rings is 2. The van der Waals surface area contributed by atoms with Crippen LogP contribution < -0.4 is 16.1 Å². The number of amides is 3. The molecule has 15 heteroatoms. The third kappa shape index (κ3) is 9.23. The number of alkyl carbamates (subject to hydrolysis) is 2. The Kier molecular flexibility index (Phi) is 12.5. The van der Waals surface area contributed by atoms with E-state index in [9.17, 15) is 14.4 Å². The number of nitrogens with one attached hydrogen (secondary N) is 5. The van der Waals surface area contributed by atoms with Gasteiger partial charge in [-0.15, -0.1) is 0 Å². The summed E-state index contributed by atoms with van der Waals surface area (Å²) in [6, 6.07) is 28.8. The Morgan fingerprint density at radius 3 is 2.07 bits per heavy atom. The van der Waals surface area contributed by atoms with Gasteiger partial charge in [0.1, 0.15) is 17.7 Å². The molecule has 3 aromatic carbocycles. The van der Waals surface area contributed by atoms with Crippen molar-refractivity contribution in [3.8, 4) is 33.8 Å². The Hall–Kier alpha value is -6.84. The molecular formula is C43H45N9O6. The van der Waals surface area contributed by atoms with E-state index in [0.29, 0.717) is 23.8 Å². The number of likely N-dealkylation sites (tertiary alicyclic amines) is 1. The van der Waals surface area contributed by atoms with Crippen LogP contribution in [0.4, 0.5) is 9.59 Å². The minimum Gasteiger partial charge on any atom is -0.453 e. The molecule has 15 nitrogen and oxygen atoms in total. The van der Waals surface area contributed by atoms with Gasteiger partial charge in [0, 0.05) is 23.9 Å². The summed E-state index contributed by atoms with van der Waals surface area (Å²) in [5.74, 6) is 1.14. The summed E-state index contributed by atoms with van der Waals surface area (Å²) in [4.78, 5) is 66.2. The molecule has 1 saturated heterocycles. The SMILES string of the molecule is COC(=O)N[C@@H](CON[C@@H](C)c1ncc(-c2ccc(-c3ccc(-c4cnc([C@@H]5CCCN5C(=O)[C@H](NC(=O)OC)c5ccccc5)[nH]4)cn3)cc2)[nH]1)c1ccccc1. The maximum Gasteiger partial charge on any atom is 0.407 e. The van der Waals surface area contributed by atoms with Crippen molar-refractivity contribution in [2.45, 2.75) is 43.9 Å². The highest BCUT2D eigenvalue weighted by molar-refractivity contribution is 5.87. The van der Waals surface area contributed by atoms with Gasteiger partial charge in [-0.05, 0) is 48.6 Å². The maximum absolute atomic E-state index is 13.9. The fraction of sp³-hybridized carbons (Fsp3) is 0.256. The van der Waals surface area contributed by atoms with Gasteiger partial charge in [0.2, 0.25) is 0 Å². The molecule has 0 aliphatic carbocycles. The third-order valence-electron chi connectivity index (χ3n) is 10.0. The molecule has 7 rings (SSSR count). The van der Waals surface area contributed by atoms with E-state index in [-0.39, 0.29) is 24.6 Å². The first-order chi connectivity index (χ1) is 28.3. The highest BCUT2D eigenvalue weighted by Crippen LogP contribution is 2.34. The second-order valence-electron chi connectivity index (χ2n) is 13.8. The van der Waals surface area contributed by atoms with Gasteiger partial charge in [-0.2, -0.15) is 5.48 Å². The molecule has 6 aromatic rings. The van der Waals surface area contributed by atoms with Crippen molar-refractivity contribution in [1.82, 2.24) is 45.9 Å². The molecule has 0 spiro atoms. The fourth-order valence-electron chi connectivity index (χ4n) is 6.91.